The normalized spacial score (nSPS) is 22.8. The lowest BCUT2D eigenvalue weighted by molar-refractivity contribution is 0.270. The first-order chi connectivity index (χ1) is 8.41. The molecule has 98 valence electrons. The molecule has 4 heteroatoms. The van der Waals surface area contributed by atoms with Crippen molar-refractivity contribution in [3.8, 4) is 0 Å². The Bertz CT molecular complexity index is 560. The molecule has 0 aliphatic heterocycles. The molecule has 2 rings (SSSR count). The van der Waals surface area contributed by atoms with Crippen molar-refractivity contribution in [2.24, 2.45) is 0 Å². The van der Waals surface area contributed by atoms with Crippen molar-refractivity contribution in [3.63, 3.8) is 0 Å². The molecule has 0 bridgehead atoms. The van der Waals surface area contributed by atoms with Crippen molar-refractivity contribution in [2.75, 3.05) is 12.9 Å². The van der Waals surface area contributed by atoms with Crippen LogP contribution >= 0.6 is 0 Å². The molecule has 0 saturated carbocycles. The van der Waals surface area contributed by atoms with Crippen LogP contribution < -0.4 is 0 Å². The van der Waals surface area contributed by atoms with E-state index in [1.54, 1.807) is 0 Å². The Morgan fingerprint density at radius 3 is 2.78 bits per heavy atom. The van der Waals surface area contributed by atoms with Crippen LogP contribution in [0.1, 0.15) is 30.9 Å². The average molecular weight is 266 g/mol. The number of hydrogen-bond acceptors (Lipinski definition) is 3. The van der Waals surface area contributed by atoms with Crippen molar-refractivity contribution in [1.82, 2.24) is 0 Å². The SMILES string of the molecule is CC1(CCOS(C)(=O)=O)CC=Cc2ccccc21. The van der Waals surface area contributed by atoms with E-state index in [1.165, 1.54) is 11.1 Å². The average Bonchev–Trinajstić information content (AvgIpc) is 2.28. The standard InChI is InChI=1S/C14H18O3S/c1-14(10-11-17-18(2,15)16)9-5-7-12-6-3-4-8-13(12)14/h3-8H,9-11H2,1-2H3. The van der Waals surface area contributed by atoms with Crippen molar-refractivity contribution in [1.29, 1.82) is 0 Å². The van der Waals surface area contributed by atoms with Gasteiger partial charge in [0.05, 0.1) is 12.9 Å². The molecule has 0 heterocycles. The number of hydrogen-bond donors (Lipinski definition) is 0. The van der Waals surface area contributed by atoms with Gasteiger partial charge in [-0.2, -0.15) is 8.42 Å². The number of fused-ring (bicyclic) bond motifs is 1. The van der Waals surface area contributed by atoms with Gasteiger partial charge in [-0.3, -0.25) is 4.18 Å². The molecule has 0 spiro atoms. The smallest absolute Gasteiger partial charge is 0.264 e. The van der Waals surface area contributed by atoms with Crippen LogP contribution in [-0.2, 0) is 19.7 Å². The van der Waals surface area contributed by atoms with Gasteiger partial charge in [-0.25, -0.2) is 0 Å². The van der Waals surface area contributed by atoms with Gasteiger partial charge in [-0.15, -0.1) is 0 Å². The van der Waals surface area contributed by atoms with E-state index in [2.05, 4.69) is 31.2 Å². The van der Waals surface area contributed by atoms with Crippen LogP contribution in [0.5, 0.6) is 0 Å². The summed E-state index contributed by atoms with van der Waals surface area (Å²) in [6.45, 7) is 2.39. The molecular weight excluding hydrogens is 248 g/mol. The quantitative estimate of drug-likeness (QED) is 0.787. The van der Waals surface area contributed by atoms with Crippen LogP contribution in [0.4, 0.5) is 0 Å². The molecule has 1 aromatic rings. The Labute approximate surface area is 109 Å². The second-order valence-corrected chi connectivity index (χ2v) is 6.67. The summed E-state index contributed by atoms with van der Waals surface area (Å²) in [6, 6.07) is 8.23. The zero-order valence-corrected chi connectivity index (χ0v) is 11.5. The molecule has 1 unspecified atom stereocenters. The van der Waals surface area contributed by atoms with Gasteiger partial charge in [0.1, 0.15) is 0 Å². The first-order valence-corrected chi connectivity index (χ1v) is 7.83. The maximum atomic E-state index is 11.0. The molecule has 3 nitrogen and oxygen atoms in total. The molecule has 0 N–H and O–H groups in total. The predicted octanol–water partition coefficient (Wildman–Crippen LogP) is 2.73. The summed E-state index contributed by atoms with van der Waals surface area (Å²) in [5.74, 6) is 0. The highest BCUT2D eigenvalue weighted by molar-refractivity contribution is 7.85. The molecule has 1 atom stereocenters. The van der Waals surface area contributed by atoms with Crippen molar-refractivity contribution < 1.29 is 12.6 Å². The monoisotopic (exact) mass is 266 g/mol. The maximum absolute atomic E-state index is 11.0. The Morgan fingerprint density at radius 1 is 1.33 bits per heavy atom. The summed E-state index contributed by atoms with van der Waals surface area (Å²) in [5, 5.41) is 0. The van der Waals surface area contributed by atoms with E-state index in [4.69, 9.17) is 4.18 Å². The van der Waals surface area contributed by atoms with Gasteiger partial charge < -0.3 is 0 Å². The lowest BCUT2D eigenvalue weighted by Gasteiger charge is -2.33. The van der Waals surface area contributed by atoms with E-state index in [9.17, 15) is 8.42 Å². The maximum Gasteiger partial charge on any atom is 0.264 e. The highest BCUT2D eigenvalue weighted by Gasteiger charge is 2.29. The van der Waals surface area contributed by atoms with Gasteiger partial charge in [0, 0.05) is 0 Å². The first-order valence-electron chi connectivity index (χ1n) is 6.01. The van der Waals surface area contributed by atoms with Crippen LogP contribution in [0, 0.1) is 0 Å². The Balaban J connectivity index is 2.15. The first kappa shape index (κ1) is 13.3. The fraction of sp³-hybridized carbons (Fsp3) is 0.429. The predicted molar refractivity (Wildman–Crippen MR) is 72.9 cm³/mol. The lowest BCUT2D eigenvalue weighted by Crippen LogP contribution is -2.26. The summed E-state index contributed by atoms with van der Waals surface area (Å²) < 4.78 is 26.8. The molecule has 18 heavy (non-hydrogen) atoms. The Kier molecular flexibility index (Phi) is 3.59. The molecule has 0 fully saturated rings. The van der Waals surface area contributed by atoms with Crippen LogP contribution in [0.2, 0.25) is 0 Å². The van der Waals surface area contributed by atoms with Gasteiger partial charge in [0.25, 0.3) is 10.1 Å². The fourth-order valence-corrected chi connectivity index (χ4v) is 2.79. The minimum atomic E-state index is -3.35. The molecule has 0 amide bonds. The third kappa shape index (κ3) is 3.00. The van der Waals surface area contributed by atoms with Gasteiger partial charge in [0.15, 0.2) is 0 Å². The summed E-state index contributed by atoms with van der Waals surface area (Å²) in [5.41, 5.74) is 2.44. The molecule has 1 aromatic carbocycles. The van der Waals surface area contributed by atoms with Crippen molar-refractivity contribution >= 4 is 16.2 Å². The topological polar surface area (TPSA) is 43.4 Å². The Morgan fingerprint density at radius 2 is 2.06 bits per heavy atom. The highest BCUT2D eigenvalue weighted by atomic mass is 32.2. The van der Waals surface area contributed by atoms with E-state index >= 15 is 0 Å². The molecule has 0 aromatic heterocycles. The minimum Gasteiger partial charge on any atom is -0.270 e. The third-order valence-corrected chi connectivity index (χ3v) is 4.02. The largest absolute Gasteiger partial charge is 0.270 e. The fourth-order valence-electron chi connectivity index (χ4n) is 2.40. The van der Waals surface area contributed by atoms with Gasteiger partial charge in [-0.1, -0.05) is 43.3 Å². The van der Waals surface area contributed by atoms with Crippen molar-refractivity contribution in [2.45, 2.75) is 25.2 Å². The summed E-state index contributed by atoms with van der Waals surface area (Å²) in [7, 11) is -3.35. The van der Waals surface area contributed by atoms with E-state index in [0.29, 0.717) is 6.42 Å². The number of benzene rings is 1. The number of rotatable bonds is 4. The van der Waals surface area contributed by atoms with E-state index in [-0.39, 0.29) is 12.0 Å². The van der Waals surface area contributed by atoms with Crippen LogP contribution in [-0.4, -0.2) is 21.3 Å². The summed E-state index contributed by atoms with van der Waals surface area (Å²) >= 11 is 0. The zero-order valence-electron chi connectivity index (χ0n) is 10.7. The molecule has 0 radical (unpaired) electrons. The molecule has 1 aliphatic carbocycles. The molecule has 1 aliphatic rings. The summed E-state index contributed by atoms with van der Waals surface area (Å²) in [6.07, 6.45) is 6.96. The third-order valence-electron chi connectivity index (χ3n) is 3.43. The van der Waals surface area contributed by atoms with Gasteiger partial charge >= 0.3 is 0 Å². The lowest BCUT2D eigenvalue weighted by atomic mass is 9.72. The van der Waals surface area contributed by atoms with Gasteiger partial charge in [-0.05, 0) is 29.4 Å². The van der Waals surface area contributed by atoms with Crippen LogP contribution in [0.25, 0.3) is 6.08 Å². The van der Waals surface area contributed by atoms with E-state index in [1.807, 2.05) is 12.1 Å². The summed E-state index contributed by atoms with van der Waals surface area (Å²) in [4.78, 5) is 0. The highest BCUT2D eigenvalue weighted by Crippen LogP contribution is 2.38. The second kappa shape index (κ2) is 4.86. The van der Waals surface area contributed by atoms with E-state index in [0.717, 1.165) is 12.7 Å². The minimum absolute atomic E-state index is 0.0456. The Hall–Kier alpha value is -1.13. The molecule has 0 saturated heterocycles. The second-order valence-electron chi connectivity index (χ2n) is 5.03. The van der Waals surface area contributed by atoms with Crippen LogP contribution in [0.3, 0.4) is 0 Å². The van der Waals surface area contributed by atoms with Crippen molar-refractivity contribution in [3.05, 3.63) is 41.5 Å². The number of allylic oxidation sites excluding steroid dienone is 1. The van der Waals surface area contributed by atoms with E-state index < -0.39 is 10.1 Å². The zero-order chi connectivity index (χ0) is 13.2. The van der Waals surface area contributed by atoms with Crippen LogP contribution in [0.15, 0.2) is 30.3 Å². The van der Waals surface area contributed by atoms with Gasteiger partial charge in [0.2, 0.25) is 0 Å². The molecular formula is C14H18O3S.